The van der Waals surface area contributed by atoms with Crippen molar-refractivity contribution in [1.29, 1.82) is 0 Å². The molecule has 0 unspecified atom stereocenters. The number of methoxy groups -OCH3 is 1. The Morgan fingerprint density at radius 2 is 2.14 bits per heavy atom. The number of hydrogen-bond acceptors (Lipinski definition) is 4. The minimum absolute atomic E-state index is 0.185. The second-order valence-electron chi connectivity index (χ2n) is 2.99. The van der Waals surface area contributed by atoms with Crippen LogP contribution in [-0.4, -0.2) is 46.7 Å². The summed E-state index contributed by atoms with van der Waals surface area (Å²) in [4.78, 5) is 0. The highest BCUT2D eigenvalue weighted by molar-refractivity contribution is 7.91. The summed E-state index contributed by atoms with van der Waals surface area (Å²) >= 11 is 0. The topological polar surface area (TPSA) is 55.4 Å². The standard InChI is InChI=1S/C9H19NO3S/c1-3-5-10-6-9-14(11,12)8-4-7-13-2/h3,10H,1,4-9H2,2H3. The molecule has 0 saturated heterocycles. The van der Waals surface area contributed by atoms with Gasteiger partial charge in [0.2, 0.25) is 0 Å². The Balaban J connectivity index is 3.56. The molecule has 0 radical (unpaired) electrons. The third-order valence-electron chi connectivity index (χ3n) is 1.68. The third-order valence-corrected chi connectivity index (χ3v) is 3.42. The zero-order valence-electron chi connectivity index (χ0n) is 8.66. The number of rotatable bonds is 9. The zero-order chi connectivity index (χ0) is 10.9. The van der Waals surface area contributed by atoms with Crippen molar-refractivity contribution < 1.29 is 13.2 Å². The molecule has 0 aliphatic heterocycles. The zero-order valence-corrected chi connectivity index (χ0v) is 9.48. The molecule has 0 spiro atoms. The Kier molecular flexibility index (Phi) is 7.74. The van der Waals surface area contributed by atoms with Gasteiger partial charge in [-0.25, -0.2) is 8.42 Å². The second-order valence-corrected chi connectivity index (χ2v) is 5.29. The van der Waals surface area contributed by atoms with Crippen molar-refractivity contribution >= 4 is 9.84 Å². The average Bonchev–Trinajstić information content (AvgIpc) is 2.13. The molecule has 14 heavy (non-hydrogen) atoms. The van der Waals surface area contributed by atoms with Gasteiger partial charge >= 0.3 is 0 Å². The number of sulfone groups is 1. The first kappa shape index (κ1) is 13.6. The summed E-state index contributed by atoms with van der Waals surface area (Å²) in [7, 11) is -1.34. The molecule has 0 fully saturated rings. The summed E-state index contributed by atoms with van der Waals surface area (Å²) < 4.78 is 27.5. The van der Waals surface area contributed by atoms with Gasteiger partial charge in [0.1, 0.15) is 0 Å². The van der Waals surface area contributed by atoms with E-state index < -0.39 is 9.84 Å². The van der Waals surface area contributed by atoms with Gasteiger partial charge in [-0.05, 0) is 6.42 Å². The maximum Gasteiger partial charge on any atom is 0.151 e. The summed E-state index contributed by atoms with van der Waals surface area (Å²) in [5, 5.41) is 2.95. The van der Waals surface area contributed by atoms with Gasteiger partial charge in [-0.1, -0.05) is 6.08 Å². The van der Waals surface area contributed by atoms with Crippen LogP contribution in [0.25, 0.3) is 0 Å². The van der Waals surface area contributed by atoms with Gasteiger partial charge in [0, 0.05) is 26.8 Å². The van der Waals surface area contributed by atoms with E-state index in [-0.39, 0.29) is 11.5 Å². The molecule has 0 aromatic carbocycles. The van der Waals surface area contributed by atoms with Crippen molar-refractivity contribution in [2.24, 2.45) is 0 Å². The highest BCUT2D eigenvalue weighted by atomic mass is 32.2. The first-order chi connectivity index (χ1) is 6.62. The van der Waals surface area contributed by atoms with Crippen molar-refractivity contribution in [3.05, 3.63) is 12.7 Å². The number of hydrogen-bond donors (Lipinski definition) is 1. The first-order valence-electron chi connectivity index (χ1n) is 4.63. The van der Waals surface area contributed by atoms with E-state index >= 15 is 0 Å². The van der Waals surface area contributed by atoms with Crippen molar-refractivity contribution in [1.82, 2.24) is 5.32 Å². The lowest BCUT2D eigenvalue weighted by atomic mass is 10.5. The van der Waals surface area contributed by atoms with Crippen LogP contribution in [0.4, 0.5) is 0 Å². The van der Waals surface area contributed by atoms with Crippen LogP contribution in [0.15, 0.2) is 12.7 Å². The maximum absolute atomic E-state index is 11.3. The summed E-state index contributed by atoms with van der Waals surface area (Å²) in [6, 6.07) is 0. The van der Waals surface area contributed by atoms with E-state index in [1.54, 1.807) is 13.2 Å². The Labute approximate surface area is 86.3 Å². The largest absolute Gasteiger partial charge is 0.385 e. The molecule has 84 valence electrons. The predicted octanol–water partition coefficient (Wildman–Crippen LogP) is 0.213. The van der Waals surface area contributed by atoms with Gasteiger partial charge < -0.3 is 10.1 Å². The van der Waals surface area contributed by atoms with Crippen LogP contribution in [0.3, 0.4) is 0 Å². The van der Waals surface area contributed by atoms with Crippen LogP contribution in [0, 0.1) is 0 Å². The SMILES string of the molecule is C=CCNCCS(=O)(=O)CCCOC. The molecule has 0 bridgehead atoms. The lowest BCUT2D eigenvalue weighted by Gasteiger charge is -2.04. The molecule has 1 N–H and O–H groups in total. The van der Waals surface area contributed by atoms with E-state index in [0.29, 0.717) is 26.1 Å². The summed E-state index contributed by atoms with van der Waals surface area (Å²) in [5.41, 5.74) is 0. The van der Waals surface area contributed by atoms with Crippen molar-refractivity contribution in [2.75, 3.05) is 38.3 Å². The van der Waals surface area contributed by atoms with Gasteiger partial charge in [0.05, 0.1) is 11.5 Å². The average molecular weight is 221 g/mol. The molecule has 0 aromatic heterocycles. The molecule has 0 rings (SSSR count). The molecule has 0 amide bonds. The smallest absolute Gasteiger partial charge is 0.151 e. The van der Waals surface area contributed by atoms with Crippen molar-refractivity contribution in [3.63, 3.8) is 0 Å². The van der Waals surface area contributed by atoms with Crippen LogP contribution in [0.2, 0.25) is 0 Å². The van der Waals surface area contributed by atoms with Crippen LogP contribution in [0.5, 0.6) is 0 Å². The van der Waals surface area contributed by atoms with E-state index in [0.717, 1.165) is 0 Å². The monoisotopic (exact) mass is 221 g/mol. The first-order valence-corrected chi connectivity index (χ1v) is 6.45. The van der Waals surface area contributed by atoms with Crippen LogP contribution in [0.1, 0.15) is 6.42 Å². The molecule has 0 saturated carbocycles. The fraction of sp³-hybridized carbons (Fsp3) is 0.778. The number of nitrogens with one attached hydrogen (secondary N) is 1. The van der Waals surface area contributed by atoms with E-state index in [9.17, 15) is 8.42 Å². The molecule has 4 nitrogen and oxygen atoms in total. The van der Waals surface area contributed by atoms with Crippen LogP contribution in [-0.2, 0) is 14.6 Å². The Hall–Kier alpha value is -0.390. The minimum Gasteiger partial charge on any atom is -0.385 e. The van der Waals surface area contributed by atoms with Gasteiger partial charge in [-0.2, -0.15) is 0 Å². The minimum atomic E-state index is -2.91. The molecule has 0 aliphatic carbocycles. The third kappa shape index (κ3) is 8.22. The van der Waals surface area contributed by atoms with E-state index in [4.69, 9.17) is 4.74 Å². The van der Waals surface area contributed by atoms with Gasteiger partial charge in [-0.3, -0.25) is 0 Å². The predicted molar refractivity (Wildman–Crippen MR) is 58.2 cm³/mol. The molecule has 5 heteroatoms. The molecular weight excluding hydrogens is 202 g/mol. The Morgan fingerprint density at radius 3 is 2.71 bits per heavy atom. The summed E-state index contributed by atoms with van der Waals surface area (Å²) in [6.45, 7) is 5.16. The lowest BCUT2D eigenvalue weighted by Crippen LogP contribution is -2.24. The van der Waals surface area contributed by atoms with E-state index in [2.05, 4.69) is 11.9 Å². The molecular formula is C9H19NO3S. The fourth-order valence-electron chi connectivity index (χ4n) is 0.957. The lowest BCUT2D eigenvalue weighted by molar-refractivity contribution is 0.199. The van der Waals surface area contributed by atoms with Gasteiger partial charge in [0.25, 0.3) is 0 Å². The molecule has 0 aromatic rings. The Bertz CT molecular complexity index is 236. The van der Waals surface area contributed by atoms with Crippen LogP contribution >= 0.6 is 0 Å². The van der Waals surface area contributed by atoms with Crippen LogP contribution < -0.4 is 5.32 Å². The molecule has 0 heterocycles. The quantitative estimate of drug-likeness (QED) is 0.447. The normalized spacial score (nSPS) is 11.5. The highest BCUT2D eigenvalue weighted by Gasteiger charge is 2.08. The maximum atomic E-state index is 11.3. The highest BCUT2D eigenvalue weighted by Crippen LogP contribution is 1.93. The van der Waals surface area contributed by atoms with Crippen molar-refractivity contribution in [3.8, 4) is 0 Å². The summed E-state index contributed by atoms with van der Waals surface area (Å²) in [6.07, 6.45) is 2.28. The van der Waals surface area contributed by atoms with E-state index in [1.165, 1.54) is 0 Å². The van der Waals surface area contributed by atoms with E-state index in [1.807, 2.05) is 0 Å². The summed E-state index contributed by atoms with van der Waals surface area (Å²) in [5.74, 6) is 0.390. The van der Waals surface area contributed by atoms with Gasteiger partial charge in [0.15, 0.2) is 9.84 Å². The molecule has 0 aliphatic rings. The fourth-order valence-corrected chi connectivity index (χ4v) is 2.17. The second kappa shape index (κ2) is 7.96. The van der Waals surface area contributed by atoms with Crippen molar-refractivity contribution in [2.45, 2.75) is 6.42 Å². The molecule has 0 atom stereocenters. The van der Waals surface area contributed by atoms with Gasteiger partial charge in [-0.15, -0.1) is 6.58 Å². The Morgan fingerprint density at radius 1 is 1.43 bits per heavy atom. The number of ether oxygens (including phenoxy) is 1.